The van der Waals surface area contributed by atoms with E-state index in [2.05, 4.69) is 6.07 Å². The van der Waals surface area contributed by atoms with Crippen molar-refractivity contribution in [1.82, 2.24) is 9.80 Å². The second kappa shape index (κ2) is 5.90. The molecule has 0 saturated carbocycles. The van der Waals surface area contributed by atoms with Crippen molar-refractivity contribution in [2.24, 2.45) is 0 Å². The van der Waals surface area contributed by atoms with E-state index in [4.69, 9.17) is 5.26 Å². The number of hydrogen-bond acceptors (Lipinski definition) is 2. The summed E-state index contributed by atoms with van der Waals surface area (Å²) in [6.45, 7) is 3.13. The molecule has 4 nitrogen and oxygen atoms in total. The molecular weight excluding hydrogens is 214 g/mol. The maximum Gasteiger partial charge on any atom is 0.319 e. The van der Waals surface area contributed by atoms with Gasteiger partial charge in [0.2, 0.25) is 0 Å². The minimum atomic E-state index is -0.0186. The van der Waals surface area contributed by atoms with Gasteiger partial charge in [0, 0.05) is 27.2 Å². The minimum absolute atomic E-state index is 0.0186. The molecule has 0 radical (unpaired) electrons. The Morgan fingerprint density at radius 1 is 1.35 bits per heavy atom. The van der Waals surface area contributed by atoms with Gasteiger partial charge in [-0.15, -0.1) is 0 Å². The largest absolute Gasteiger partial charge is 0.328 e. The number of carbonyl (C=O) groups excluding carboxylic acids is 1. The third-order valence-corrected chi connectivity index (χ3v) is 2.60. The van der Waals surface area contributed by atoms with Crippen LogP contribution in [0, 0.1) is 11.3 Å². The van der Waals surface area contributed by atoms with Crippen LogP contribution in [-0.4, -0.2) is 36.5 Å². The van der Waals surface area contributed by atoms with E-state index in [1.165, 1.54) is 0 Å². The lowest BCUT2D eigenvalue weighted by Crippen LogP contribution is -2.38. The van der Waals surface area contributed by atoms with Gasteiger partial charge in [-0.3, -0.25) is 0 Å². The molecule has 0 saturated heterocycles. The van der Waals surface area contributed by atoms with Crippen molar-refractivity contribution in [1.29, 1.82) is 5.26 Å². The summed E-state index contributed by atoms with van der Waals surface area (Å²) in [5, 5.41) is 8.79. The monoisotopic (exact) mass is 231 g/mol. The molecule has 90 valence electrons. The van der Waals surface area contributed by atoms with Gasteiger partial charge in [0.25, 0.3) is 0 Å². The van der Waals surface area contributed by atoms with E-state index in [1.807, 2.05) is 19.1 Å². The van der Waals surface area contributed by atoms with Gasteiger partial charge in [0.15, 0.2) is 0 Å². The van der Waals surface area contributed by atoms with Gasteiger partial charge < -0.3 is 9.80 Å². The van der Waals surface area contributed by atoms with Crippen LogP contribution in [0.1, 0.15) is 18.1 Å². The molecular formula is C13H17N3O. The molecule has 0 aliphatic rings. The predicted octanol–water partition coefficient (Wildman–Crippen LogP) is 2.06. The summed E-state index contributed by atoms with van der Waals surface area (Å²) >= 11 is 0. The van der Waals surface area contributed by atoms with Gasteiger partial charge in [-0.25, -0.2) is 4.79 Å². The number of amides is 2. The van der Waals surface area contributed by atoms with Crippen molar-refractivity contribution in [2.45, 2.75) is 13.5 Å². The first-order valence-corrected chi connectivity index (χ1v) is 5.53. The van der Waals surface area contributed by atoms with Gasteiger partial charge in [-0.2, -0.15) is 5.26 Å². The number of nitrogens with zero attached hydrogens (tertiary/aromatic N) is 3. The molecule has 0 spiro atoms. The van der Waals surface area contributed by atoms with Crippen LogP contribution < -0.4 is 0 Å². The SMILES string of the molecule is CCN(C)C(=O)N(C)Cc1cccc(C#N)c1. The molecule has 0 bridgehead atoms. The van der Waals surface area contributed by atoms with Crippen molar-refractivity contribution >= 4 is 6.03 Å². The van der Waals surface area contributed by atoms with Crippen molar-refractivity contribution in [3.8, 4) is 6.07 Å². The third kappa shape index (κ3) is 3.49. The zero-order valence-corrected chi connectivity index (χ0v) is 10.5. The molecule has 0 atom stereocenters. The molecule has 0 fully saturated rings. The molecule has 0 unspecified atom stereocenters. The van der Waals surface area contributed by atoms with E-state index >= 15 is 0 Å². The highest BCUT2D eigenvalue weighted by atomic mass is 16.2. The number of benzene rings is 1. The molecule has 1 aromatic carbocycles. The molecule has 1 rings (SSSR count). The average molecular weight is 231 g/mol. The molecule has 4 heteroatoms. The van der Waals surface area contributed by atoms with Gasteiger partial charge in [-0.1, -0.05) is 12.1 Å². The molecule has 1 aromatic rings. The Morgan fingerprint density at radius 3 is 2.65 bits per heavy atom. The van der Waals surface area contributed by atoms with Crippen LogP contribution in [0.3, 0.4) is 0 Å². The Balaban J connectivity index is 2.71. The van der Waals surface area contributed by atoms with Crippen LogP contribution in [-0.2, 0) is 6.54 Å². The maximum atomic E-state index is 11.8. The third-order valence-electron chi connectivity index (χ3n) is 2.60. The zero-order chi connectivity index (χ0) is 12.8. The summed E-state index contributed by atoms with van der Waals surface area (Å²) in [7, 11) is 3.53. The first-order valence-electron chi connectivity index (χ1n) is 5.53. The van der Waals surface area contributed by atoms with Crippen molar-refractivity contribution < 1.29 is 4.79 Å². The van der Waals surface area contributed by atoms with E-state index in [0.29, 0.717) is 18.7 Å². The van der Waals surface area contributed by atoms with Crippen LogP contribution in [0.4, 0.5) is 4.79 Å². The molecule has 0 N–H and O–H groups in total. The molecule has 0 aliphatic heterocycles. The van der Waals surface area contributed by atoms with E-state index in [-0.39, 0.29) is 6.03 Å². The van der Waals surface area contributed by atoms with Gasteiger partial charge in [0.05, 0.1) is 11.6 Å². The van der Waals surface area contributed by atoms with Crippen LogP contribution in [0.5, 0.6) is 0 Å². The summed E-state index contributed by atoms with van der Waals surface area (Å²) in [6, 6.07) is 9.37. The number of urea groups is 1. The Hall–Kier alpha value is -2.02. The fraction of sp³-hybridized carbons (Fsp3) is 0.385. The second-order valence-corrected chi connectivity index (χ2v) is 3.96. The lowest BCUT2D eigenvalue weighted by atomic mass is 10.1. The molecule has 0 aliphatic carbocycles. The number of carbonyl (C=O) groups is 1. The number of nitriles is 1. The fourth-order valence-electron chi connectivity index (χ4n) is 1.51. The highest BCUT2D eigenvalue weighted by Crippen LogP contribution is 2.07. The first kappa shape index (κ1) is 13.0. The first-order chi connectivity index (χ1) is 8.08. The van der Waals surface area contributed by atoms with Gasteiger partial charge >= 0.3 is 6.03 Å². The van der Waals surface area contributed by atoms with E-state index < -0.39 is 0 Å². The Morgan fingerprint density at radius 2 is 2.06 bits per heavy atom. The summed E-state index contributed by atoms with van der Waals surface area (Å²) < 4.78 is 0. The smallest absolute Gasteiger partial charge is 0.319 e. The van der Waals surface area contributed by atoms with Crippen LogP contribution in [0.25, 0.3) is 0 Å². The van der Waals surface area contributed by atoms with Crippen molar-refractivity contribution in [3.63, 3.8) is 0 Å². The van der Waals surface area contributed by atoms with Crippen LogP contribution in [0.2, 0.25) is 0 Å². The average Bonchev–Trinajstić information content (AvgIpc) is 2.37. The van der Waals surface area contributed by atoms with Crippen LogP contribution >= 0.6 is 0 Å². The summed E-state index contributed by atoms with van der Waals surface area (Å²) in [5.41, 5.74) is 1.58. The minimum Gasteiger partial charge on any atom is -0.328 e. The van der Waals surface area contributed by atoms with E-state index in [1.54, 1.807) is 36.0 Å². The lowest BCUT2D eigenvalue weighted by molar-refractivity contribution is 0.173. The quantitative estimate of drug-likeness (QED) is 0.799. The normalized spacial score (nSPS) is 9.53. The van der Waals surface area contributed by atoms with E-state index in [9.17, 15) is 4.79 Å². The van der Waals surface area contributed by atoms with E-state index in [0.717, 1.165) is 5.56 Å². The zero-order valence-electron chi connectivity index (χ0n) is 10.5. The van der Waals surface area contributed by atoms with Crippen LogP contribution in [0.15, 0.2) is 24.3 Å². The molecule has 17 heavy (non-hydrogen) atoms. The second-order valence-electron chi connectivity index (χ2n) is 3.96. The van der Waals surface area contributed by atoms with Gasteiger partial charge in [0.1, 0.15) is 0 Å². The highest BCUT2D eigenvalue weighted by Gasteiger charge is 2.12. The lowest BCUT2D eigenvalue weighted by Gasteiger charge is -2.23. The topological polar surface area (TPSA) is 47.3 Å². The van der Waals surface area contributed by atoms with Crippen molar-refractivity contribution in [2.75, 3.05) is 20.6 Å². The summed E-state index contributed by atoms with van der Waals surface area (Å²) in [6.07, 6.45) is 0. The Bertz CT molecular complexity index is 437. The summed E-state index contributed by atoms with van der Waals surface area (Å²) in [4.78, 5) is 15.1. The Kier molecular flexibility index (Phi) is 4.53. The predicted molar refractivity (Wildman–Crippen MR) is 66.3 cm³/mol. The maximum absolute atomic E-state index is 11.8. The summed E-state index contributed by atoms with van der Waals surface area (Å²) in [5.74, 6) is 0. The number of hydrogen-bond donors (Lipinski definition) is 0. The van der Waals surface area contributed by atoms with Gasteiger partial charge in [-0.05, 0) is 24.6 Å². The molecule has 2 amide bonds. The molecule has 0 heterocycles. The Labute approximate surface area is 102 Å². The standard InChI is InChI=1S/C13H17N3O/c1-4-15(2)13(17)16(3)10-12-7-5-6-11(8-12)9-14/h5-8H,4,10H2,1-3H3. The molecule has 0 aromatic heterocycles. The highest BCUT2D eigenvalue weighted by molar-refractivity contribution is 5.73. The van der Waals surface area contributed by atoms with Crippen molar-refractivity contribution in [3.05, 3.63) is 35.4 Å². The fourth-order valence-corrected chi connectivity index (χ4v) is 1.51. The number of rotatable bonds is 3.